The smallest absolute Gasteiger partial charge is 0.189 e. The van der Waals surface area contributed by atoms with Gasteiger partial charge in [-0.25, -0.2) is 0 Å². The molecule has 0 aromatic rings. The topological polar surface area (TPSA) is 41.1 Å². The molecular formula is C24H34N2O. The minimum absolute atomic E-state index is 0.149. The zero-order valence-electron chi connectivity index (χ0n) is 17.2. The number of allylic oxidation sites excluding steroid dienone is 9. The Morgan fingerprint density at radius 2 is 1.93 bits per heavy atom. The van der Waals surface area contributed by atoms with E-state index in [4.69, 9.17) is 0 Å². The van der Waals surface area contributed by atoms with Crippen molar-refractivity contribution in [1.29, 1.82) is 0 Å². The first-order chi connectivity index (χ1) is 13.0. The van der Waals surface area contributed by atoms with Crippen LogP contribution in [0.4, 0.5) is 0 Å². The number of hydrogen-bond acceptors (Lipinski definition) is 3. The number of unbranched alkanes of at least 4 members (excludes halogenated alkanes) is 3. The molecule has 2 rings (SSSR count). The molecule has 0 aromatic heterocycles. The van der Waals surface area contributed by atoms with Crippen LogP contribution >= 0.6 is 0 Å². The van der Waals surface area contributed by atoms with Gasteiger partial charge in [-0.3, -0.25) is 4.79 Å². The predicted octanol–water partition coefficient (Wildman–Crippen LogP) is 4.92. The van der Waals surface area contributed by atoms with E-state index in [0.29, 0.717) is 0 Å². The molecule has 0 radical (unpaired) electrons. The Morgan fingerprint density at radius 3 is 2.63 bits per heavy atom. The van der Waals surface area contributed by atoms with Gasteiger partial charge in [0.2, 0.25) is 0 Å². The van der Waals surface area contributed by atoms with E-state index in [1.165, 1.54) is 19.3 Å². The molecule has 0 fully saturated rings. The zero-order chi connectivity index (χ0) is 19.8. The van der Waals surface area contributed by atoms with Gasteiger partial charge in [0.1, 0.15) is 0 Å². The zero-order valence-corrected chi connectivity index (χ0v) is 17.2. The van der Waals surface area contributed by atoms with Gasteiger partial charge in [-0.15, -0.1) is 0 Å². The second kappa shape index (κ2) is 10.3. The van der Waals surface area contributed by atoms with Crippen LogP contribution in [0.15, 0.2) is 70.5 Å². The van der Waals surface area contributed by atoms with Crippen molar-refractivity contribution < 1.29 is 4.79 Å². The summed E-state index contributed by atoms with van der Waals surface area (Å²) in [7, 11) is 1.99. The predicted molar refractivity (Wildman–Crippen MR) is 116 cm³/mol. The van der Waals surface area contributed by atoms with Crippen molar-refractivity contribution in [2.75, 3.05) is 20.1 Å². The molecule has 3 heteroatoms. The van der Waals surface area contributed by atoms with E-state index in [0.717, 1.165) is 71.5 Å². The molecule has 0 bridgehead atoms. The third-order valence-electron chi connectivity index (χ3n) is 5.40. The molecule has 2 N–H and O–H groups in total. The van der Waals surface area contributed by atoms with Crippen LogP contribution in [-0.4, -0.2) is 25.9 Å². The van der Waals surface area contributed by atoms with Crippen molar-refractivity contribution in [3.8, 4) is 0 Å². The molecule has 0 spiro atoms. The van der Waals surface area contributed by atoms with Crippen LogP contribution in [0.5, 0.6) is 0 Å². The molecule has 0 aromatic carbocycles. The molecule has 0 saturated carbocycles. The second-order valence-corrected chi connectivity index (χ2v) is 7.43. The summed E-state index contributed by atoms with van der Waals surface area (Å²) in [5, 5.41) is 6.58. The Labute approximate surface area is 164 Å². The van der Waals surface area contributed by atoms with Gasteiger partial charge in [-0.2, -0.15) is 0 Å². The van der Waals surface area contributed by atoms with E-state index >= 15 is 0 Å². The van der Waals surface area contributed by atoms with E-state index in [1.54, 1.807) is 0 Å². The summed E-state index contributed by atoms with van der Waals surface area (Å²) in [6, 6.07) is 0. The number of ketones is 1. The number of carbonyl (C=O) groups excluding carboxylic acids is 1. The molecule has 3 nitrogen and oxygen atoms in total. The second-order valence-electron chi connectivity index (χ2n) is 7.43. The van der Waals surface area contributed by atoms with Crippen molar-refractivity contribution in [3.05, 3.63) is 70.5 Å². The van der Waals surface area contributed by atoms with Gasteiger partial charge in [0.15, 0.2) is 5.78 Å². The minimum Gasteiger partial charge on any atom is -0.385 e. The van der Waals surface area contributed by atoms with Gasteiger partial charge in [0.25, 0.3) is 0 Å². The number of nitrogens with one attached hydrogen (secondary N) is 2. The highest BCUT2D eigenvalue weighted by Crippen LogP contribution is 2.37. The first-order valence-electron chi connectivity index (χ1n) is 10.1. The molecule has 0 unspecified atom stereocenters. The molecule has 0 amide bonds. The van der Waals surface area contributed by atoms with Crippen LogP contribution in [0.1, 0.15) is 52.4 Å². The summed E-state index contributed by atoms with van der Waals surface area (Å²) in [6.45, 7) is 14.4. The summed E-state index contributed by atoms with van der Waals surface area (Å²) in [4.78, 5) is 13.0. The van der Waals surface area contributed by atoms with E-state index in [9.17, 15) is 4.79 Å². The molecule has 2 aliphatic rings. The van der Waals surface area contributed by atoms with Crippen molar-refractivity contribution in [2.24, 2.45) is 0 Å². The summed E-state index contributed by atoms with van der Waals surface area (Å²) >= 11 is 0. The fraction of sp³-hybridized carbons (Fsp3) is 0.458. The molecule has 0 atom stereocenters. The van der Waals surface area contributed by atoms with E-state index in [1.807, 2.05) is 33.0 Å². The number of hydrogen-bond donors (Lipinski definition) is 2. The molecule has 0 aliphatic heterocycles. The fourth-order valence-electron chi connectivity index (χ4n) is 3.52. The summed E-state index contributed by atoms with van der Waals surface area (Å²) in [5.41, 5.74) is 6.55. The van der Waals surface area contributed by atoms with Crippen LogP contribution in [0.2, 0.25) is 0 Å². The van der Waals surface area contributed by atoms with Gasteiger partial charge in [0, 0.05) is 23.4 Å². The lowest BCUT2D eigenvalue weighted by atomic mass is 9.78. The highest BCUT2D eigenvalue weighted by molar-refractivity contribution is 6.14. The molecule has 146 valence electrons. The standard InChI is InChI=1S/C24H34N2O/c1-17(20(4)26-15-11-7-6-10-14-25-5)16-23-19(3)18(2)21-12-8-9-13-22(21)24(23)27/h8,12,16,25-26H,2,4,6-7,9-11,13-15H2,1,3,5H3/b17-16+. The van der Waals surface area contributed by atoms with E-state index < -0.39 is 0 Å². The molecular weight excluding hydrogens is 332 g/mol. The van der Waals surface area contributed by atoms with Crippen LogP contribution < -0.4 is 10.6 Å². The molecule has 0 saturated heterocycles. The Kier molecular flexibility index (Phi) is 8.05. The maximum Gasteiger partial charge on any atom is 0.189 e. The third kappa shape index (κ3) is 5.43. The molecule has 0 heterocycles. The molecule has 27 heavy (non-hydrogen) atoms. The van der Waals surface area contributed by atoms with Gasteiger partial charge in [-0.1, -0.05) is 38.2 Å². The van der Waals surface area contributed by atoms with Crippen molar-refractivity contribution in [2.45, 2.75) is 52.4 Å². The largest absolute Gasteiger partial charge is 0.385 e. The maximum atomic E-state index is 13.0. The van der Waals surface area contributed by atoms with Gasteiger partial charge < -0.3 is 10.6 Å². The van der Waals surface area contributed by atoms with Crippen LogP contribution in [0.3, 0.4) is 0 Å². The number of rotatable bonds is 10. The fourth-order valence-corrected chi connectivity index (χ4v) is 3.52. The lowest BCUT2D eigenvalue weighted by Crippen LogP contribution is -2.19. The summed E-state index contributed by atoms with van der Waals surface area (Å²) in [6.07, 6.45) is 12.7. The average molecular weight is 367 g/mol. The minimum atomic E-state index is 0.149. The lowest BCUT2D eigenvalue weighted by molar-refractivity contribution is -0.112. The van der Waals surface area contributed by atoms with Crippen LogP contribution in [0.25, 0.3) is 0 Å². The first kappa shape index (κ1) is 21.2. The van der Waals surface area contributed by atoms with E-state index in [2.05, 4.69) is 29.9 Å². The SMILES string of the molecule is C=C1C(C)=C(/C=C(\C)C(=C)NCCCCCCNC)C(=O)C2=C1C=CCC2. The van der Waals surface area contributed by atoms with Crippen molar-refractivity contribution in [3.63, 3.8) is 0 Å². The Morgan fingerprint density at radius 1 is 1.22 bits per heavy atom. The normalized spacial score (nSPS) is 17.5. The van der Waals surface area contributed by atoms with Gasteiger partial charge >= 0.3 is 0 Å². The quantitative estimate of drug-likeness (QED) is 0.426. The van der Waals surface area contributed by atoms with Gasteiger partial charge in [0.05, 0.1) is 0 Å². The Hall–Kier alpha value is -2.13. The maximum absolute atomic E-state index is 13.0. The number of carbonyl (C=O) groups is 1. The highest BCUT2D eigenvalue weighted by atomic mass is 16.1. The van der Waals surface area contributed by atoms with E-state index in [-0.39, 0.29) is 5.78 Å². The highest BCUT2D eigenvalue weighted by Gasteiger charge is 2.27. The third-order valence-corrected chi connectivity index (χ3v) is 5.40. The lowest BCUT2D eigenvalue weighted by Gasteiger charge is -2.25. The van der Waals surface area contributed by atoms with Crippen LogP contribution in [-0.2, 0) is 4.79 Å². The Balaban J connectivity index is 1.95. The average Bonchev–Trinajstić information content (AvgIpc) is 2.68. The van der Waals surface area contributed by atoms with Crippen molar-refractivity contribution in [1.82, 2.24) is 10.6 Å². The Bertz CT molecular complexity index is 731. The van der Waals surface area contributed by atoms with Crippen LogP contribution in [0, 0.1) is 0 Å². The van der Waals surface area contributed by atoms with Gasteiger partial charge in [-0.05, 0) is 81.5 Å². The summed E-state index contributed by atoms with van der Waals surface area (Å²) in [5.74, 6) is 0.149. The first-order valence-corrected chi connectivity index (χ1v) is 10.1. The monoisotopic (exact) mass is 366 g/mol. The number of Topliss-reactive ketones (excluding diaryl/α,β-unsaturated/α-hetero) is 1. The van der Waals surface area contributed by atoms with Crippen molar-refractivity contribution >= 4 is 5.78 Å². The molecule has 2 aliphatic carbocycles. The summed E-state index contributed by atoms with van der Waals surface area (Å²) < 4.78 is 0.